The first-order valence-electron chi connectivity index (χ1n) is 14.7. The van der Waals surface area contributed by atoms with Gasteiger partial charge in [0.05, 0.1) is 31.4 Å². The molecule has 0 radical (unpaired) electrons. The van der Waals surface area contributed by atoms with E-state index < -0.39 is 0 Å². The molecule has 2 heterocycles. The van der Waals surface area contributed by atoms with Crippen molar-refractivity contribution in [3.05, 3.63) is 66.4 Å². The second-order valence-corrected chi connectivity index (χ2v) is 10.6. The zero-order valence-corrected chi connectivity index (χ0v) is 23.9. The Morgan fingerprint density at radius 1 is 1.02 bits per heavy atom. The van der Waals surface area contributed by atoms with Crippen molar-refractivity contribution in [1.82, 2.24) is 4.98 Å². The van der Waals surface area contributed by atoms with Crippen molar-refractivity contribution in [2.24, 2.45) is 5.92 Å². The Morgan fingerprint density at radius 2 is 1.82 bits per heavy atom. The van der Waals surface area contributed by atoms with Crippen LogP contribution in [-0.4, -0.2) is 43.0 Å². The summed E-state index contributed by atoms with van der Waals surface area (Å²) in [4.78, 5) is 19.0. The number of hydrogen-bond donors (Lipinski definition) is 1. The zero-order chi connectivity index (χ0) is 27.9. The van der Waals surface area contributed by atoms with Crippen LogP contribution in [0.25, 0.3) is 11.1 Å². The van der Waals surface area contributed by atoms with Crippen LogP contribution in [0.3, 0.4) is 0 Å². The number of aryl methyl sites for hydroxylation is 1. The maximum atomic E-state index is 12.0. The predicted molar refractivity (Wildman–Crippen MR) is 159 cm³/mol. The fraction of sp³-hybridized carbons (Fsp3) is 0.455. The van der Waals surface area contributed by atoms with E-state index in [1.54, 1.807) is 0 Å². The summed E-state index contributed by atoms with van der Waals surface area (Å²) in [6, 6.07) is 18.9. The molecule has 3 aromatic rings. The topological polar surface area (TPSA) is 72.9 Å². The van der Waals surface area contributed by atoms with E-state index in [4.69, 9.17) is 14.2 Å². The van der Waals surface area contributed by atoms with E-state index in [1.165, 1.54) is 11.3 Å². The van der Waals surface area contributed by atoms with E-state index >= 15 is 0 Å². The number of pyridine rings is 1. The Bertz CT molecular complexity index is 1270. The van der Waals surface area contributed by atoms with Gasteiger partial charge in [-0.05, 0) is 80.8 Å². The summed E-state index contributed by atoms with van der Waals surface area (Å²) in [6.07, 6.45) is 7.29. The van der Waals surface area contributed by atoms with Crippen LogP contribution in [0, 0.1) is 5.92 Å². The Hall–Kier alpha value is -3.74. The average Bonchev–Trinajstić information content (AvgIpc) is 3.00. The fourth-order valence-corrected chi connectivity index (χ4v) is 5.62. The maximum Gasteiger partial charge on any atom is 0.308 e. The quantitative estimate of drug-likeness (QED) is 0.280. The standard InChI is InChI=1S/C33H41N3O4/c1-4-23-9-7-8-10-29(23)35-22-36-21-27(5-2)39-31-19-25(13-17-30(31)36)26-14-18-32(34-20-26)40-28-15-11-24(12-16-28)33(37)38-6-3/h7-10,13-14,17-20,24,27-28,35H,4-6,11-12,15-16,21-22H2,1-3H3. The van der Waals surface area contributed by atoms with E-state index in [0.717, 1.165) is 74.3 Å². The number of aromatic nitrogens is 1. The Balaban J connectivity index is 1.23. The number of anilines is 2. The van der Waals surface area contributed by atoms with Gasteiger partial charge in [0.25, 0.3) is 0 Å². The monoisotopic (exact) mass is 543 g/mol. The third-order valence-electron chi connectivity index (χ3n) is 7.98. The van der Waals surface area contributed by atoms with Crippen molar-refractivity contribution in [2.45, 2.75) is 71.5 Å². The molecule has 212 valence electrons. The van der Waals surface area contributed by atoms with E-state index in [2.05, 4.69) is 77.6 Å². The van der Waals surface area contributed by atoms with Gasteiger partial charge in [-0.2, -0.15) is 0 Å². The number of carbonyl (C=O) groups is 1. The van der Waals surface area contributed by atoms with Crippen LogP contribution in [0.15, 0.2) is 60.8 Å². The first-order valence-corrected chi connectivity index (χ1v) is 14.7. The van der Waals surface area contributed by atoms with Crippen LogP contribution in [0.4, 0.5) is 11.4 Å². The minimum Gasteiger partial charge on any atom is -0.486 e. The van der Waals surface area contributed by atoms with E-state index in [9.17, 15) is 4.79 Å². The maximum absolute atomic E-state index is 12.0. The number of esters is 1. The average molecular weight is 544 g/mol. The lowest BCUT2D eigenvalue weighted by molar-refractivity contribution is -0.149. The van der Waals surface area contributed by atoms with Crippen LogP contribution in [-0.2, 0) is 16.0 Å². The minimum absolute atomic E-state index is 0.00692. The Morgan fingerprint density at radius 3 is 2.55 bits per heavy atom. The lowest BCUT2D eigenvalue weighted by Crippen LogP contribution is -2.42. The Kier molecular flexibility index (Phi) is 9.09. The van der Waals surface area contributed by atoms with E-state index in [-0.39, 0.29) is 24.1 Å². The van der Waals surface area contributed by atoms with Gasteiger partial charge in [0.15, 0.2) is 0 Å². The van der Waals surface area contributed by atoms with Crippen molar-refractivity contribution in [3.63, 3.8) is 0 Å². The normalized spacial score (nSPS) is 20.3. The summed E-state index contributed by atoms with van der Waals surface area (Å²) >= 11 is 0. The molecular formula is C33H41N3O4. The van der Waals surface area contributed by atoms with Crippen LogP contribution in [0.2, 0.25) is 0 Å². The Labute approximate surface area is 237 Å². The zero-order valence-electron chi connectivity index (χ0n) is 23.9. The highest BCUT2D eigenvalue weighted by atomic mass is 16.5. The molecule has 40 heavy (non-hydrogen) atoms. The summed E-state index contributed by atoms with van der Waals surface area (Å²) in [5.74, 6) is 1.43. The number of fused-ring (bicyclic) bond motifs is 1. The van der Waals surface area contributed by atoms with Crippen molar-refractivity contribution >= 4 is 17.3 Å². The third kappa shape index (κ3) is 6.52. The molecule has 0 bridgehead atoms. The van der Waals surface area contributed by atoms with Gasteiger partial charge in [-0.1, -0.05) is 38.1 Å². The van der Waals surface area contributed by atoms with Gasteiger partial charge in [-0.15, -0.1) is 0 Å². The molecular weight excluding hydrogens is 502 g/mol. The molecule has 1 N–H and O–H groups in total. The number of carbonyl (C=O) groups excluding carboxylic acids is 1. The van der Waals surface area contributed by atoms with Crippen molar-refractivity contribution in [2.75, 3.05) is 30.0 Å². The third-order valence-corrected chi connectivity index (χ3v) is 7.98. The van der Waals surface area contributed by atoms with Gasteiger partial charge in [0, 0.05) is 23.5 Å². The van der Waals surface area contributed by atoms with Gasteiger partial charge in [0.1, 0.15) is 18.0 Å². The number of para-hydroxylation sites is 1. The van der Waals surface area contributed by atoms with Crippen molar-refractivity contribution in [3.8, 4) is 22.8 Å². The number of ether oxygens (including phenoxy) is 3. The summed E-state index contributed by atoms with van der Waals surface area (Å²) < 4.78 is 17.7. The number of rotatable bonds is 10. The molecule has 1 unspecified atom stereocenters. The molecule has 2 aliphatic rings. The SMILES string of the molecule is CCOC(=O)C1CCC(Oc2ccc(-c3ccc4c(c3)OC(CC)CN4CNc3ccccc3CC)cn2)CC1. The number of nitrogens with zero attached hydrogens (tertiary/aromatic N) is 2. The molecule has 1 aliphatic carbocycles. The molecule has 1 fully saturated rings. The fourth-order valence-electron chi connectivity index (χ4n) is 5.62. The molecule has 7 heteroatoms. The second kappa shape index (κ2) is 13.1. The highest BCUT2D eigenvalue weighted by Crippen LogP contribution is 2.38. The summed E-state index contributed by atoms with van der Waals surface area (Å²) in [5, 5.41) is 3.64. The smallest absolute Gasteiger partial charge is 0.308 e. The van der Waals surface area contributed by atoms with Crippen LogP contribution in [0.1, 0.15) is 58.4 Å². The molecule has 1 aliphatic heterocycles. The van der Waals surface area contributed by atoms with Gasteiger partial charge in [0.2, 0.25) is 5.88 Å². The molecule has 0 amide bonds. The van der Waals surface area contributed by atoms with Crippen LogP contribution >= 0.6 is 0 Å². The van der Waals surface area contributed by atoms with Gasteiger partial charge < -0.3 is 24.4 Å². The molecule has 0 spiro atoms. The second-order valence-electron chi connectivity index (χ2n) is 10.6. The number of hydrogen-bond acceptors (Lipinski definition) is 7. The van der Waals surface area contributed by atoms with Gasteiger partial charge in [-0.25, -0.2) is 4.98 Å². The summed E-state index contributed by atoms with van der Waals surface area (Å²) in [5.41, 5.74) is 5.69. The molecule has 1 atom stereocenters. The first-order chi connectivity index (χ1) is 19.6. The minimum atomic E-state index is -0.0797. The lowest BCUT2D eigenvalue weighted by atomic mass is 9.87. The molecule has 0 saturated heterocycles. The summed E-state index contributed by atoms with van der Waals surface area (Å²) in [6.45, 7) is 8.21. The number of benzene rings is 2. The lowest BCUT2D eigenvalue weighted by Gasteiger charge is -2.36. The van der Waals surface area contributed by atoms with Gasteiger partial charge in [-0.3, -0.25) is 4.79 Å². The van der Waals surface area contributed by atoms with Crippen LogP contribution < -0.4 is 19.7 Å². The van der Waals surface area contributed by atoms with Gasteiger partial charge >= 0.3 is 5.97 Å². The first kappa shape index (κ1) is 27.8. The predicted octanol–water partition coefficient (Wildman–Crippen LogP) is 6.86. The highest BCUT2D eigenvalue weighted by Gasteiger charge is 2.29. The number of nitrogens with one attached hydrogen (secondary N) is 1. The summed E-state index contributed by atoms with van der Waals surface area (Å²) in [7, 11) is 0. The van der Waals surface area contributed by atoms with E-state index in [0.29, 0.717) is 12.5 Å². The molecule has 5 rings (SSSR count). The molecule has 1 aromatic heterocycles. The van der Waals surface area contributed by atoms with Crippen molar-refractivity contribution < 1.29 is 19.0 Å². The van der Waals surface area contributed by atoms with Crippen molar-refractivity contribution in [1.29, 1.82) is 0 Å². The molecule has 2 aromatic carbocycles. The molecule has 1 saturated carbocycles. The van der Waals surface area contributed by atoms with E-state index in [1.807, 2.05) is 19.2 Å². The highest BCUT2D eigenvalue weighted by molar-refractivity contribution is 5.73. The van der Waals surface area contributed by atoms with Crippen LogP contribution in [0.5, 0.6) is 11.6 Å². The largest absolute Gasteiger partial charge is 0.486 e. The molecule has 7 nitrogen and oxygen atoms in total.